The van der Waals surface area contributed by atoms with E-state index in [0.29, 0.717) is 5.41 Å². The molecule has 0 aliphatic heterocycles. The smallest absolute Gasteiger partial charge is 0.0292 e. The fraction of sp³-hybridized carbons (Fsp3) is 0.583. The summed E-state index contributed by atoms with van der Waals surface area (Å²) in [7, 11) is 0. The first-order valence-electron chi connectivity index (χ1n) is 4.77. The summed E-state index contributed by atoms with van der Waals surface area (Å²) in [5, 5.41) is 0. The van der Waals surface area contributed by atoms with E-state index in [2.05, 4.69) is 38.6 Å². The molecule has 0 amide bonds. The number of rotatable bonds is 4. The number of nitrogens with zero attached hydrogens (tertiary/aromatic N) is 1. The van der Waals surface area contributed by atoms with Crippen molar-refractivity contribution in [3.05, 3.63) is 23.9 Å². The van der Waals surface area contributed by atoms with E-state index in [1.165, 1.54) is 12.0 Å². The van der Waals surface area contributed by atoms with Crippen LogP contribution in [0.5, 0.6) is 0 Å². The van der Waals surface area contributed by atoms with Crippen molar-refractivity contribution in [2.24, 2.45) is 10.4 Å². The molecule has 0 heterocycles. The number of hydrogen-bond acceptors (Lipinski definition) is 1. The van der Waals surface area contributed by atoms with Gasteiger partial charge < -0.3 is 0 Å². The molecule has 0 spiro atoms. The van der Waals surface area contributed by atoms with Crippen LogP contribution >= 0.6 is 0 Å². The third kappa shape index (κ3) is 7.51. The van der Waals surface area contributed by atoms with E-state index in [1.54, 1.807) is 0 Å². The molecule has 0 radical (unpaired) electrons. The van der Waals surface area contributed by atoms with Crippen LogP contribution in [0.25, 0.3) is 0 Å². The molecule has 0 aliphatic carbocycles. The highest BCUT2D eigenvalue weighted by molar-refractivity contribution is 5.28. The van der Waals surface area contributed by atoms with Crippen LogP contribution in [0.3, 0.4) is 0 Å². The first-order valence-corrected chi connectivity index (χ1v) is 4.77. The highest BCUT2D eigenvalue weighted by atomic mass is 14.6. The quantitative estimate of drug-likeness (QED) is 0.457. The van der Waals surface area contributed by atoms with Crippen LogP contribution in [0.1, 0.15) is 40.5 Å². The van der Waals surface area contributed by atoms with Gasteiger partial charge in [0.2, 0.25) is 0 Å². The molecule has 0 fully saturated rings. The molecule has 74 valence electrons. The van der Waals surface area contributed by atoms with Gasteiger partial charge in [-0.05, 0) is 37.5 Å². The fourth-order valence-electron chi connectivity index (χ4n) is 1.04. The van der Waals surface area contributed by atoms with Crippen molar-refractivity contribution in [3.8, 4) is 0 Å². The molecule has 0 aromatic heterocycles. The Morgan fingerprint density at radius 1 is 1.38 bits per heavy atom. The van der Waals surface area contributed by atoms with Gasteiger partial charge in [-0.3, -0.25) is 4.99 Å². The predicted octanol–water partition coefficient (Wildman–Crippen LogP) is 3.97. The maximum atomic E-state index is 3.79. The molecular formula is C12H21N. The van der Waals surface area contributed by atoms with E-state index in [4.69, 9.17) is 0 Å². The molecule has 0 atom stereocenters. The molecule has 0 aliphatic rings. The Bertz CT molecular complexity index is 204. The fourth-order valence-corrected chi connectivity index (χ4v) is 1.04. The van der Waals surface area contributed by atoms with E-state index >= 15 is 0 Å². The minimum atomic E-state index is 0.391. The SMILES string of the molecule is C=N/C=C(\C=C/C)CCC(C)(C)C. The van der Waals surface area contributed by atoms with Crippen LogP contribution in [0.15, 0.2) is 28.9 Å². The van der Waals surface area contributed by atoms with Gasteiger partial charge in [0.1, 0.15) is 0 Å². The molecule has 0 unspecified atom stereocenters. The van der Waals surface area contributed by atoms with E-state index in [0.717, 1.165) is 6.42 Å². The maximum Gasteiger partial charge on any atom is 0.0292 e. The molecule has 0 saturated carbocycles. The third-order valence-corrected chi connectivity index (χ3v) is 1.80. The second kappa shape index (κ2) is 5.74. The summed E-state index contributed by atoms with van der Waals surface area (Å²) < 4.78 is 0. The Morgan fingerprint density at radius 3 is 2.38 bits per heavy atom. The van der Waals surface area contributed by atoms with Gasteiger partial charge >= 0.3 is 0 Å². The zero-order valence-electron chi connectivity index (χ0n) is 9.30. The molecule has 0 aromatic carbocycles. The van der Waals surface area contributed by atoms with Gasteiger partial charge in [0, 0.05) is 6.20 Å². The molecular weight excluding hydrogens is 158 g/mol. The van der Waals surface area contributed by atoms with Gasteiger partial charge in [-0.1, -0.05) is 32.9 Å². The molecule has 0 aromatic rings. The van der Waals surface area contributed by atoms with Crippen molar-refractivity contribution in [2.45, 2.75) is 40.5 Å². The summed E-state index contributed by atoms with van der Waals surface area (Å²) in [5.41, 5.74) is 1.65. The van der Waals surface area contributed by atoms with Crippen molar-refractivity contribution < 1.29 is 0 Å². The number of hydrogen-bond donors (Lipinski definition) is 0. The highest BCUT2D eigenvalue weighted by Gasteiger charge is 2.09. The monoisotopic (exact) mass is 179 g/mol. The van der Waals surface area contributed by atoms with Crippen LogP contribution in [-0.4, -0.2) is 6.72 Å². The van der Waals surface area contributed by atoms with Gasteiger partial charge in [-0.25, -0.2) is 0 Å². The zero-order chi connectivity index (χ0) is 10.3. The predicted molar refractivity (Wildman–Crippen MR) is 61.1 cm³/mol. The van der Waals surface area contributed by atoms with E-state index in [9.17, 15) is 0 Å². The summed E-state index contributed by atoms with van der Waals surface area (Å²) in [6.45, 7) is 12.2. The lowest BCUT2D eigenvalue weighted by Gasteiger charge is -2.17. The second-order valence-corrected chi connectivity index (χ2v) is 4.45. The lowest BCUT2D eigenvalue weighted by molar-refractivity contribution is 0.379. The number of aliphatic imine (C=N–C) groups is 1. The summed E-state index contributed by atoms with van der Waals surface area (Å²) in [6, 6.07) is 0. The molecule has 0 N–H and O–H groups in total. The van der Waals surface area contributed by atoms with E-state index in [-0.39, 0.29) is 0 Å². The Hall–Kier alpha value is -0.850. The summed E-state index contributed by atoms with van der Waals surface area (Å²) in [4.78, 5) is 3.79. The first kappa shape index (κ1) is 12.2. The lowest BCUT2D eigenvalue weighted by atomic mass is 9.89. The van der Waals surface area contributed by atoms with Crippen molar-refractivity contribution in [3.63, 3.8) is 0 Å². The Labute approximate surface area is 82.3 Å². The van der Waals surface area contributed by atoms with Crippen LogP contribution < -0.4 is 0 Å². The van der Waals surface area contributed by atoms with Crippen molar-refractivity contribution in [1.29, 1.82) is 0 Å². The van der Waals surface area contributed by atoms with Crippen molar-refractivity contribution in [1.82, 2.24) is 0 Å². The van der Waals surface area contributed by atoms with Crippen LogP contribution in [-0.2, 0) is 0 Å². The molecule has 0 saturated heterocycles. The largest absolute Gasteiger partial charge is 0.272 e. The van der Waals surface area contributed by atoms with Crippen molar-refractivity contribution in [2.75, 3.05) is 0 Å². The minimum absolute atomic E-state index is 0.391. The standard InChI is InChI=1S/C12H21N/c1-6-7-11(10-13-5)8-9-12(2,3)4/h6-7,10H,5,8-9H2,1-4H3/b7-6-,11-10+. The number of allylic oxidation sites excluding steroid dienone is 3. The first-order chi connectivity index (χ1) is 5.99. The lowest BCUT2D eigenvalue weighted by Crippen LogP contribution is -2.04. The second-order valence-electron chi connectivity index (χ2n) is 4.45. The van der Waals surface area contributed by atoms with Gasteiger partial charge in [-0.2, -0.15) is 0 Å². The van der Waals surface area contributed by atoms with Gasteiger partial charge in [0.15, 0.2) is 0 Å². The van der Waals surface area contributed by atoms with E-state index < -0.39 is 0 Å². The average molecular weight is 179 g/mol. The minimum Gasteiger partial charge on any atom is -0.272 e. The summed E-state index contributed by atoms with van der Waals surface area (Å²) >= 11 is 0. The Kier molecular flexibility index (Phi) is 5.36. The Morgan fingerprint density at radius 2 is 2.00 bits per heavy atom. The highest BCUT2D eigenvalue weighted by Crippen LogP contribution is 2.23. The Balaban J connectivity index is 4.13. The maximum absolute atomic E-state index is 3.79. The zero-order valence-corrected chi connectivity index (χ0v) is 9.30. The van der Waals surface area contributed by atoms with Gasteiger partial charge in [0.05, 0.1) is 0 Å². The molecule has 0 rings (SSSR count). The molecule has 1 heteroatoms. The summed E-state index contributed by atoms with van der Waals surface area (Å²) in [6.07, 6.45) is 8.23. The van der Waals surface area contributed by atoms with Gasteiger partial charge in [0.25, 0.3) is 0 Å². The van der Waals surface area contributed by atoms with Crippen LogP contribution in [0.4, 0.5) is 0 Å². The van der Waals surface area contributed by atoms with Crippen LogP contribution in [0, 0.1) is 5.41 Å². The molecule has 0 bridgehead atoms. The molecule has 1 nitrogen and oxygen atoms in total. The average Bonchev–Trinajstić information content (AvgIpc) is 2.00. The topological polar surface area (TPSA) is 12.4 Å². The van der Waals surface area contributed by atoms with E-state index in [1.807, 2.05) is 19.2 Å². The normalized spacial score (nSPS) is 13.7. The van der Waals surface area contributed by atoms with Crippen LogP contribution in [0.2, 0.25) is 0 Å². The summed E-state index contributed by atoms with van der Waals surface area (Å²) in [5.74, 6) is 0. The van der Waals surface area contributed by atoms with Crippen molar-refractivity contribution >= 4 is 6.72 Å². The third-order valence-electron chi connectivity index (χ3n) is 1.80. The van der Waals surface area contributed by atoms with Gasteiger partial charge in [-0.15, -0.1) is 0 Å². The molecule has 13 heavy (non-hydrogen) atoms.